The summed E-state index contributed by atoms with van der Waals surface area (Å²) in [5, 5.41) is 3.28. The number of carbonyl (C=O) groups is 1. The SMILES string of the molecule is CCCC(COC)Nc1c(N)cccc1C(=O)OC. The van der Waals surface area contributed by atoms with Gasteiger partial charge in [-0.3, -0.25) is 0 Å². The zero-order valence-corrected chi connectivity index (χ0v) is 11.7. The molecule has 5 nitrogen and oxygen atoms in total. The maximum absolute atomic E-state index is 11.7. The highest BCUT2D eigenvalue weighted by atomic mass is 16.5. The van der Waals surface area contributed by atoms with Crippen LogP contribution in [0.15, 0.2) is 18.2 Å². The first kappa shape index (κ1) is 15.3. The maximum atomic E-state index is 11.7. The van der Waals surface area contributed by atoms with Crippen molar-refractivity contribution in [1.82, 2.24) is 0 Å². The number of nitrogen functional groups attached to an aromatic ring is 1. The van der Waals surface area contributed by atoms with E-state index in [0.29, 0.717) is 23.5 Å². The Labute approximate surface area is 114 Å². The standard InChI is InChI=1S/C14H22N2O3/c1-4-6-10(9-18-2)16-13-11(14(17)19-3)7-5-8-12(13)15/h5,7-8,10,16H,4,6,9,15H2,1-3H3. The van der Waals surface area contributed by atoms with E-state index in [-0.39, 0.29) is 6.04 Å². The molecule has 1 aromatic rings. The van der Waals surface area contributed by atoms with Crippen LogP contribution in [-0.2, 0) is 9.47 Å². The van der Waals surface area contributed by atoms with Gasteiger partial charge in [0.1, 0.15) is 0 Å². The number of ether oxygens (including phenoxy) is 2. The molecule has 1 rings (SSSR count). The smallest absolute Gasteiger partial charge is 0.340 e. The Balaban J connectivity index is 3.00. The fraction of sp³-hybridized carbons (Fsp3) is 0.500. The zero-order chi connectivity index (χ0) is 14.3. The lowest BCUT2D eigenvalue weighted by molar-refractivity contribution is 0.0601. The molecule has 0 aromatic heterocycles. The number of benzene rings is 1. The van der Waals surface area contributed by atoms with Crippen LogP contribution in [0.25, 0.3) is 0 Å². The Kier molecular flexibility index (Phi) is 6.15. The van der Waals surface area contributed by atoms with Gasteiger partial charge < -0.3 is 20.5 Å². The molecule has 0 radical (unpaired) electrons. The zero-order valence-electron chi connectivity index (χ0n) is 11.7. The van der Waals surface area contributed by atoms with Crippen molar-refractivity contribution in [2.24, 2.45) is 0 Å². The van der Waals surface area contributed by atoms with E-state index in [9.17, 15) is 4.79 Å². The fourth-order valence-electron chi connectivity index (χ4n) is 1.96. The molecule has 0 saturated carbocycles. The van der Waals surface area contributed by atoms with Crippen molar-refractivity contribution >= 4 is 17.3 Å². The quantitative estimate of drug-likeness (QED) is 0.585. The van der Waals surface area contributed by atoms with E-state index in [4.69, 9.17) is 15.2 Å². The fourth-order valence-corrected chi connectivity index (χ4v) is 1.96. The Bertz CT molecular complexity index is 415. The summed E-state index contributed by atoms with van der Waals surface area (Å²) >= 11 is 0. The number of esters is 1. The highest BCUT2D eigenvalue weighted by Gasteiger charge is 2.17. The first-order chi connectivity index (χ1) is 9.13. The molecule has 19 heavy (non-hydrogen) atoms. The number of carbonyl (C=O) groups excluding carboxylic acids is 1. The van der Waals surface area contributed by atoms with Crippen molar-refractivity contribution in [3.8, 4) is 0 Å². The lowest BCUT2D eigenvalue weighted by Gasteiger charge is -2.21. The third kappa shape index (κ3) is 4.13. The van der Waals surface area contributed by atoms with E-state index >= 15 is 0 Å². The summed E-state index contributed by atoms with van der Waals surface area (Å²) in [6.45, 7) is 2.66. The first-order valence-electron chi connectivity index (χ1n) is 6.36. The molecule has 0 saturated heterocycles. The summed E-state index contributed by atoms with van der Waals surface area (Å²) in [5.41, 5.74) is 7.53. The second-order valence-corrected chi connectivity index (χ2v) is 4.35. The van der Waals surface area contributed by atoms with Crippen molar-refractivity contribution in [1.29, 1.82) is 0 Å². The van der Waals surface area contributed by atoms with Crippen LogP contribution < -0.4 is 11.1 Å². The molecule has 0 aliphatic carbocycles. The molecule has 0 aliphatic heterocycles. The maximum Gasteiger partial charge on any atom is 0.340 e. The summed E-state index contributed by atoms with van der Waals surface area (Å²) < 4.78 is 9.94. The van der Waals surface area contributed by atoms with Gasteiger partial charge in [-0.1, -0.05) is 19.4 Å². The Morgan fingerprint density at radius 2 is 2.16 bits per heavy atom. The highest BCUT2D eigenvalue weighted by Crippen LogP contribution is 2.25. The van der Waals surface area contributed by atoms with Crippen molar-refractivity contribution in [3.05, 3.63) is 23.8 Å². The molecule has 1 unspecified atom stereocenters. The van der Waals surface area contributed by atoms with Gasteiger partial charge in [0.25, 0.3) is 0 Å². The van der Waals surface area contributed by atoms with E-state index in [1.807, 2.05) is 0 Å². The molecule has 0 fully saturated rings. The predicted molar refractivity (Wildman–Crippen MR) is 76.4 cm³/mol. The van der Waals surface area contributed by atoms with E-state index in [0.717, 1.165) is 12.8 Å². The molecule has 0 spiro atoms. The van der Waals surface area contributed by atoms with E-state index in [1.165, 1.54) is 7.11 Å². The van der Waals surface area contributed by atoms with Gasteiger partial charge in [-0.25, -0.2) is 4.79 Å². The van der Waals surface area contributed by atoms with Crippen molar-refractivity contribution < 1.29 is 14.3 Å². The molecular formula is C14H22N2O3. The van der Waals surface area contributed by atoms with E-state index in [2.05, 4.69) is 12.2 Å². The number of nitrogens with one attached hydrogen (secondary N) is 1. The summed E-state index contributed by atoms with van der Waals surface area (Å²) in [7, 11) is 3.01. The molecule has 106 valence electrons. The van der Waals surface area contributed by atoms with Crippen LogP contribution in [0, 0.1) is 0 Å². The second-order valence-electron chi connectivity index (χ2n) is 4.35. The van der Waals surface area contributed by atoms with Crippen LogP contribution in [0.2, 0.25) is 0 Å². The lowest BCUT2D eigenvalue weighted by atomic mass is 10.1. The van der Waals surface area contributed by atoms with Crippen LogP contribution in [0.1, 0.15) is 30.1 Å². The molecule has 0 heterocycles. The molecule has 0 bridgehead atoms. The van der Waals surface area contributed by atoms with Crippen LogP contribution >= 0.6 is 0 Å². The number of nitrogens with two attached hydrogens (primary N) is 1. The topological polar surface area (TPSA) is 73.6 Å². The van der Waals surface area contributed by atoms with Crippen LogP contribution in [0.4, 0.5) is 11.4 Å². The van der Waals surface area contributed by atoms with Crippen LogP contribution in [0.5, 0.6) is 0 Å². The molecule has 3 N–H and O–H groups in total. The van der Waals surface area contributed by atoms with Gasteiger partial charge >= 0.3 is 5.97 Å². The van der Waals surface area contributed by atoms with Gasteiger partial charge in [0.05, 0.1) is 30.7 Å². The third-order valence-corrected chi connectivity index (χ3v) is 2.86. The van der Waals surface area contributed by atoms with E-state index in [1.54, 1.807) is 25.3 Å². The number of anilines is 2. The van der Waals surface area contributed by atoms with E-state index < -0.39 is 5.97 Å². The van der Waals surface area contributed by atoms with Crippen molar-refractivity contribution in [2.75, 3.05) is 31.9 Å². The molecule has 1 atom stereocenters. The second kappa shape index (κ2) is 7.63. The third-order valence-electron chi connectivity index (χ3n) is 2.86. The summed E-state index contributed by atoms with van der Waals surface area (Å²) in [5.74, 6) is -0.400. The molecule has 5 heteroatoms. The van der Waals surface area contributed by atoms with Gasteiger partial charge in [0, 0.05) is 13.2 Å². The van der Waals surface area contributed by atoms with Crippen LogP contribution in [0.3, 0.4) is 0 Å². The summed E-state index contributed by atoms with van der Waals surface area (Å²) in [6, 6.07) is 5.30. The predicted octanol–water partition coefficient (Wildman–Crippen LogP) is 2.28. The number of rotatable bonds is 7. The highest BCUT2D eigenvalue weighted by molar-refractivity contribution is 5.98. The number of hydrogen-bond donors (Lipinski definition) is 2. The monoisotopic (exact) mass is 266 g/mol. The van der Waals surface area contributed by atoms with Gasteiger partial charge in [0.15, 0.2) is 0 Å². The molecule has 0 amide bonds. The minimum absolute atomic E-state index is 0.114. The van der Waals surface area contributed by atoms with Crippen LogP contribution in [-0.4, -0.2) is 32.8 Å². The molecule has 0 aliphatic rings. The average Bonchev–Trinajstić information content (AvgIpc) is 2.40. The van der Waals surface area contributed by atoms with Gasteiger partial charge in [0.2, 0.25) is 0 Å². The molecular weight excluding hydrogens is 244 g/mol. The summed E-state index contributed by atoms with van der Waals surface area (Å²) in [4.78, 5) is 11.7. The van der Waals surface area contributed by atoms with Gasteiger partial charge in [-0.15, -0.1) is 0 Å². The Hall–Kier alpha value is -1.75. The Morgan fingerprint density at radius 1 is 1.42 bits per heavy atom. The lowest BCUT2D eigenvalue weighted by Crippen LogP contribution is -2.26. The summed E-state index contributed by atoms with van der Waals surface area (Å²) in [6.07, 6.45) is 1.95. The Morgan fingerprint density at radius 3 is 2.74 bits per heavy atom. The number of hydrogen-bond acceptors (Lipinski definition) is 5. The van der Waals surface area contributed by atoms with Gasteiger partial charge in [-0.2, -0.15) is 0 Å². The van der Waals surface area contributed by atoms with Crippen molar-refractivity contribution in [3.63, 3.8) is 0 Å². The van der Waals surface area contributed by atoms with Crippen molar-refractivity contribution in [2.45, 2.75) is 25.8 Å². The minimum Gasteiger partial charge on any atom is -0.465 e. The minimum atomic E-state index is -0.400. The van der Waals surface area contributed by atoms with Gasteiger partial charge in [-0.05, 0) is 18.6 Å². The first-order valence-corrected chi connectivity index (χ1v) is 6.36. The number of methoxy groups -OCH3 is 2. The normalized spacial score (nSPS) is 11.9. The molecule has 1 aromatic carbocycles. The number of para-hydroxylation sites is 1. The largest absolute Gasteiger partial charge is 0.465 e. The average molecular weight is 266 g/mol.